The number of halogens is 2. The van der Waals surface area contributed by atoms with Crippen LogP contribution in [-0.2, 0) is 16.0 Å². The lowest BCUT2D eigenvalue weighted by molar-refractivity contribution is -0.109. The Morgan fingerprint density at radius 1 is 1.32 bits per heavy atom. The van der Waals surface area contributed by atoms with E-state index in [1.54, 1.807) is 19.2 Å². The van der Waals surface area contributed by atoms with Crippen molar-refractivity contribution < 1.29 is 19.1 Å². The molecular weight excluding hydrogens is 537 g/mol. The molecule has 40 heavy (non-hydrogen) atoms. The van der Waals surface area contributed by atoms with Crippen LogP contribution in [0, 0.1) is 0 Å². The van der Waals surface area contributed by atoms with Gasteiger partial charge in [-0.2, -0.15) is 0 Å². The highest BCUT2D eigenvalue weighted by Gasteiger charge is 2.30. The zero-order valence-corrected chi connectivity index (χ0v) is 23.5. The first-order valence-electron chi connectivity index (χ1n) is 12.9. The molecule has 212 valence electrons. The molecule has 1 aliphatic rings. The van der Waals surface area contributed by atoms with Gasteiger partial charge in [0.2, 0.25) is 12.8 Å². The fourth-order valence-electron chi connectivity index (χ4n) is 4.46. The van der Waals surface area contributed by atoms with Crippen LogP contribution in [0.1, 0.15) is 50.1 Å². The summed E-state index contributed by atoms with van der Waals surface area (Å²) in [5.41, 5.74) is 0.737. The lowest BCUT2D eigenvalue weighted by atomic mass is 9.99. The number of hydrogen-bond donors (Lipinski definition) is 2. The number of nitrogens with zero attached hydrogens (tertiary/aromatic N) is 6. The fraction of sp³-hybridized carbons (Fsp3) is 0.357. The van der Waals surface area contributed by atoms with Gasteiger partial charge in [-0.3, -0.25) is 19.6 Å². The van der Waals surface area contributed by atoms with Gasteiger partial charge in [-0.25, -0.2) is 19.3 Å². The topological polar surface area (TPSA) is 124 Å². The minimum absolute atomic E-state index is 0.0241. The Bertz CT molecular complexity index is 1350. The third-order valence-electron chi connectivity index (χ3n) is 6.40. The third kappa shape index (κ3) is 6.53. The first-order chi connectivity index (χ1) is 19.3. The number of aryl methyl sites for hydroxylation is 1. The van der Waals surface area contributed by atoms with Crippen LogP contribution in [0.2, 0.25) is 5.02 Å². The van der Waals surface area contributed by atoms with Crippen LogP contribution < -0.4 is 10.2 Å². The number of aromatic nitrogens is 3. The number of amidine groups is 1. The molecule has 0 bridgehead atoms. The molecule has 10 nitrogen and oxygen atoms in total. The number of aliphatic imine (C=N–C) groups is 1. The summed E-state index contributed by atoms with van der Waals surface area (Å²) in [6.45, 7) is 8.39. The summed E-state index contributed by atoms with van der Waals surface area (Å²) in [7, 11) is 1.59. The van der Waals surface area contributed by atoms with Crippen LogP contribution >= 0.6 is 11.6 Å². The highest BCUT2D eigenvalue weighted by molar-refractivity contribution is 6.33. The molecule has 2 amide bonds. The quantitative estimate of drug-likeness (QED) is 0.155. The standard InChI is InChI=1S/C28H33ClFN7O3/c1-5-7-13-36(18(3)15-32-16-38)26(31-4)19-14-20(29)25(24-21(30)9-8-10-23(24)40)35-27(19)37(17-39)28-22(6-2)33-11-12-34-28/h5,9,11-12,14,16-18,40H,1,6-8,10,13,15H2,2-4H3,(H,32,38)/b31-26+. The first-order valence-corrected chi connectivity index (χ1v) is 13.3. The van der Waals surface area contributed by atoms with Gasteiger partial charge in [0.05, 0.1) is 27.5 Å². The first kappa shape index (κ1) is 30.4. The summed E-state index contributed by atoms with van der Waals surface area (Å²) in [5.74, 6) is -0.116. The number of hydrogen-bond acceptors (Lipinski definition) is 7. The number of amides is 2. The SMILES string of the molecule is C=CCCN(/C(=N/C)c1cc(Cl)c(C2=C(O)CCC=C2F)nc1N(C=O)c1nccnc1CC)C(C)CNC=O. The summed E-state index contributed by atoms with van der Waals surface area (Å²) in [5, 5.41) is 13.3. The molecule has 1 unspecified atom stereocenters. The number of pyridine rings is 1. The number of carbonyl (C=O) groups is 2. The van der Waals surface area contributed by atoms with Crippen molar-refractivity contribution in [2.75, 3.05) is 25.0 Å². The van der Waals surface area contributed by atoms with E-state index < -0.39 is 5.83 Å². The molecule has 0 radical (unpaired) electrons. The zero-order valence-electron chi connectivity index (χ0n) is 22.8. The number of aliphatic hydroxyl groups excluding tert-OH is 1. The maximum Gasteiger partial charge on any atom is 0.221 e. The number of allylic oxidation sites excluding steroid dienone is 4. The highest BCUT2D eigenvalue weighted by atomic mass is 35.5. The smallest absolute Gasteiger partial charge is 0.221 e. The van der Waals surface area contributed by atoms with Gasteiger partial charge in [0.25, 0.3) is 0 Å². The van der Waals surface area contributed by atoms with Gasteiger partial charge in [-0.15, -0.1) is 6.58 Å². The molecule has 1 atom stereocenters. The Morgan fingerprint density at radius 3 is 2.70 bits per heavy atom. The minimum Gasteiger partial charge on any atom is -0.511 e. The van der Waals surface area contributed by atoms with E-state index >= 15 is 0 Å². The second-order valence-corrected chi connectivity index (χ2v) is 9.36. The van der Waals surface area contributed by atoms with E-state index in [-0.39, 0.29) is 46.1 Å². The van der Waals surface area contributed by atoms with Crippen LogP contribution in [0.5, 0.6) is 0 Å². The van der Waals surface area contributed by atoms with Crippen molar-refractivity contribution in [3.63, 3.8) is 0 Å². The zero-order chi connectivity index (χ0) is 29.2. The predicted molar refractivity (Wildman–Crippen MR) is 154 cm³/mol. The maximum atomic E-state index is 15.0. The molecule has 0 saturated heterocycles. The van der Waals surface area contributed by atoms with Gasteiger partial charge in [-0.05, 0) is 38.3 Å². The van der Waals surface area contributed by atoms with Crippen molar-refractivity contribution in [3.8, 4) is 0 Å². The van der Waals surface area contributed by atoms with Crippen LogP contribution in [-0.4, -0.2) is 69.8 Å². The second kappa shape index (κ2) is 14.3. The number of carbonyl (C=O) groups excluding carboxylic acids is 2. The molecular formula is C28H33ClFN7O3. The molecule has 0 saturated carbocycles. The minimum atomic E-state index is -0.659. The maximum absolute atomic E-state index is 15.0. The van der Waals surface area contributed by atoms with Gasteiger partial charge < -0.3 is 15.3 Å². The van der Waals surface area contributed by atoms with E-state index in [0.29, 0.717) is 62.3 Å². The number of nitrogens with one attached hydrogen (secondary N) is 1. The van der Waals surface area contributed by atoms with Crippen LogP contribution in [0.25, 0.3) is 5.57 Å². The molecule has 2 heterocycles. The van der Waals surface area contributed by atoms with E-state index in [1.165, 1.54) is 23.4 Å². The van der Waals surface area contributed by atoms with Crippen LogP contribution in [0.4, 0.5) is 16.0 Å². The number of rotatable bonds is 13. The largest absolute Gasteiger partial charge is 0.511 e. The molecule has 1 aliphatic carbocycles. The van der Waals surface area contributed by atoms with Gasteiger partial charge in [0.15, 0.2) is 11.6 Å². The van der Waals surface area contributed by atoms with Gasteiger partial charge in [0.1, 0.15) is 17.4 Å². The van der Waals surface area contributed by atoms with Crippen molar-refractivity contribution in [2.45, 2.75) is 45.6 Å². The van der Waals surface area contributed by atoms with Gasteiger partial charge in [0, 0.05) is 45.0 Å². The van der Waals surface area contributed by atoms with Crippen molar-refractivity contribution in [1.29, 1.82) is 0 Å². The Labute approximate surface area is 238 Å². The molecule has 2 N–H and O–H groups in total. The molecule has 2 aromatic rings. The highest BCUT2D eigenvalue weighted by Crippen LogP contribution is 2.39. The molecule has 0 spiro atoms. The van der Waals surface area contributed by atoms with Gasteiger partial charge in [-0.1, -0.05) is 24.6 Å². The van der Waals surface area contributed by atoms with E-state index in [4.69, 9.17) is 11.6 Å². The molecule has 0 aromatic carbocycles. The van der Waals surface area contributed by atoms with Crippen molar-refractivity contribution in [1.82, 2.24) is 25.2 Å². The van der Waals surface area contributed by atoms with Crippen LogP contribution in [0.3, 0.4) is 0 Å². The summed E-state index contributed by atoms with van der Waals surface area (Å²) in [4.78, 5) is 44.8. The summed E-state index contributed by atoms with van der Waals surface area (Å²) in [6, 6.07) is 1.32. The second-order valence-electron chi connectivity index (χ2n) is 8.95. The Balaban J connectivity index is 2.34. The molecule has 3 rings (SSSR count). The molecule has 12 heteroatoms. The Kier molecular flexibility index (Phi) is 10.9. The molecule has 0 fully saturated rings. The Morgan fingerprint density at radius 2 is 2.08 bits per heavy atom. The lowest BCUT2D eigenvalue weighted by Crippen LogP contribution is -2.45. The van der Waals surface area contributed by atoms with Gasteiger partial charge >= 0.3 is 0 Å². The summed E-state index contributed by atoms with van der Waals surface area (Å²) < 4.78 is 15.0. The van der Waals surface area contributed by atoms with E-state index in [2.05, 4.69) is 31.8 Å². The normalized spacial score (nSPS) is 14.3. The van der Waals surface area contributed by atoms with E-state index in [1.807, 2.05) is 18.7 Å². The lowest BCUT2D eigenvalue weighted by Gasteiger charge is -2.33. The predicted octanol–water partition coefficient (Wildman–Crippen LogP) is 4.69. The van der Waals surface area contributed by atoms with Crippen LogP contribution in [0.15, 0.2) is 53.8 Å². The van der Waals surface area contributed by atoms with Crippen molar-refractivity contribution in [2.24, 2.45) is 4.99 Å². The number of anilines is 2. The van der Waals surface area contributed by atoms with E-state index in [0.717, 1.165) is 0 Å². The monoisotopic (exact) mass is 569 g/mol. The van der Waals surface area contributed by atoms with Crippen molar-refractivity contribution >= 4 is 47.5 Å². The molecule has 0 aliphatic heterocycles. The molecule has 2 aromatic heterocycles. The average molecular weight is 570 g/mol. The summed E-state index contributed by atoms with van der Waals surface area (Å²) >= 11 is 6.71. The summed E-state index contributed by atoms with van der Waals surface area (Å²) in [6.07, 6.45) is 8.88. The van der Waals surface area contributed by atoms with E-state index in [9.17, 15) is 19.1 Å². The number of aliphatic hydroxyl groups is 1. The fourth-order valence-corrected chi connectivity index (χ4v) is 4.71. The van der Waals surface area contributed by atoms with Crippen molar-refractivity contribution in [3.05, 3.63) is 70.8 Å². The third-order valence-corrected chi connectivity index (χ3v) is 6.69. The average Bonchev–Trinajstić information content (AvgIpc) is 2.95. The Hall–Kier alpha value is -4.12.